The number of carbonyl (C=O) groups is 1. The number of hydrogen-bond acceptors (Lipinski definition) is 4. The van der Waals surface area contributed by atoms with E-state index in [2.05, 4.69) is 5.32 Å². The quantitative estimate of drug-likeness (QED) is 0.831. The molecule has 0 bridgehead atoms. The first-order chi connectivity index (χ1) is 9.56. The molecule has 3 N–H and O–H groups in total. The van der Waals surface area contributed by atoms with Crippen molar-refractivity contribution in [1.29, 1.82) is 0 Å². The van der Waals surface area contributed by atoms with E-state index in [0.717, 1.165) is 0 Å². The summed E-state index contributed by atoms with van der Waals surface area (Å²) < 4.78 is 10.5. The molecule has 1 aromatic carbocycles. The van der Waals surface area contributed by atoms with Crippen molar-refractivity contribution in [3.8, 4) is 0 Å². The van der Waals surface area contributed by atoms with Gasteiger partial charge in [0.25, 0.3) is 5.91 Å². The highest BCUT2D eigenvalue weighted by Gasteiger charge is 2.15. The number of nitrogens with two attached hydrogens (primary N) is 1. The van der Waals surface area contributed by atoms with E-state index in [0.29, 0.717) is 22.2 Å². The van der Waals surface area contributed by atoms with Crippen molar-refractivity contribution in [2.45, 2.75) is 19.6 Å². The van der Waals surface area contributed by atoms with Crippen LogP contribution in [0.15, 0.2) is 41.0 Å². The molecule has 0 spiro atoms. The van der Waals surface area contributed by atoms with Crippen LogP contribution in [0.5, 0.6) is 0 Å². The van der Waals surface area contributed by atoms with Crippen molar-refractivity contribution in [2.75, 3.05) is 11.1 Å². The molecular formula is C14H15ClN2O3. The van der Waals surface area contributed by atoms with Gasteiger partial charge in [-0.1, -0.05) is 11.6 Å². The number of ether oxygens (including phenoxy) is 1. The van der Waals surface area contributed by atoms with Crippen LogP contribution in [0.3, 0.4) is 0 Å². The van der Waals surface area contributed by atoms with Gasteiger partial charge in [0.05, 0.1) is 17.6 Å². The van der Waals surface area contributed by atoms with E-state index in [9.17, 15) is 4.79 Å². The number of benzene rings is 1. The molecular weight excluding hydrogens is 280 g/mol. The Balaban J connectivity index is 1.92. The molecule has 0 aliphatic heterocycles. The topological polar surface area (TPSA) is 77.5 Å². The molecule has 1 aromatic heterocycles. The molecule has 0 aliphatic rings. The Bertz CT molecular complexity index is 584. The first kappa shape index (κ1) is 14.4. The highest BCUT2D eigenvalue weighted by molar-refractivity contribution is 6.31. The Morgan fingerprint density at radius 2 is 2.30 bits per heavy atom. The van der Waals surface area contributed by atoms with E-state index >= 15 is 0 Å². The van der Waals surface area contributed by atoms with Gasteiger partial charge in [-0.05, 0) is 37.3 Å². The molecule has 0 fully saturated rings. The predicted molar refractivity (Wildman–Crippen MR) is 77.5 cm³/mol. The highest BCUT2D eigenvalue weighted by Crippen LogP contribution is 2.23. The number of furan rings is 1. The van der Waals surface area contributed by atoms with Crippen LogP contribution < -0.4 is 11.1 Å². The summed E-state index contributed by atoms with van der Waals surface area (Å²) in [5.74, 6) is 0.359. The Morgan fingerprint density at radius 3 is 3.00 bits per heavy atom. The van der Waals surface area contributed by atoms with Gasteiger partial charge in [0, 0.05) is 5.02 Å². The summed E-state index contributed by atoms with van der Waals surface area (Å²) in [5.41, 5.74) is 6.67. The molecule has 106 valence electrons. The number of carbonyl (C=O) groups excluding carboxylic acids is 1. The zero-order valence-corrected chi connectivity index (χ0v) is 11.7. The smallest absolute Gasteiger partial charge is 0.253 e. The molecule has 20 heavy (non-hydrogen) atoms. The largest absolute Gasteiger partial charge is 0.467 e. The summed E-state index contributed by atoms with van der Waals surface area (Å²) in [6.07, 6.45) is 0.911. The molecule has 2 aromatic rings. The maximum Gasteiger partial charge on any atom is 0.253 e. The third kappa shape index (κ3) is 3.76. The number of hydrogen-bond donors (Lipinski definition) is 2. The Morgan fingerprint density at radius 1 is 1.50 bits per heavy atom. The van der Waals surface area contributed by atoms with Crippen LogP contribution in [0.25, 0.3) is 0 Å². The van der Waals surface area contributed by atoms with Gasteiger partial charge in [0.15, 0.2) is 0 Å². The van der Waals surface area contributed by atoms with Gasteiger partial charge >= 0.3 is 0 Å². The lowest BCUT2D eigenvalue weighted by molar-refractivity contribution is -0.127. The number of anilines is 2. The molecule has 2 rings (SSSR count). The maximum absolute atomic E-state index is 12.0. The molecule has 1 heterocycles. The summed E-state index contributed by atoms with van der Waals surface area (Å²) in [4.78, 5) is 12.0. The van der Waals surface area contributed by atoms with Gasteiger partial charge in [-0.3, -0.25) is 4.79 Å². The summed E-state index contributed by atoms with van der Waals surface area (Å²) in [7, 11) is 0. The van der Waals surface area contributed by atoms with Gasteiger partial charge in [-0.15, -0.1) is 0 Å². The van der Waals surface area contributed by atoms with E-state index < -0.39 is 6.10 Å². The summed E-state index contributed by atoms with van der Waals surface area (Å²) in [6.45, 7) is 1.88. The monoisotopic (exact) mass is 294 g/mol. The Hall–Kier alpha value is -1.98. The fourth-order valence-electron chi connectivity index (χ4n) is 1.55. The summed E-state index contributed by atoms with van der Waals surface area (Å²) in [5, 5.41) is 3.18. The van der Waals surface area contributed by atoms with Crippen molar-refractivity contribution in [1.82, 2.24) is 0 Å². The van der Waals surface area contributed by atoms with Crippen LogP contribution in [-0.2, 0) is 16.1 Å². The molecule has 0 radical (unpaired) electrons. The lowest BCUT2D eigenvalue weighted by atomic mass is 10.2. The zero-order valence-electron chi connectivity index (χ0n) is 10.9. The van der Waals surface area contributed by atoms with Crippen LogP contribution in [0.1, 0.15) is 12.7 Å². The minimum Gasteiger partial charge on any atom is -0.467 e. The minimum absolute atomic E-state index is 0.229. The zero-order chi connectivity index (χ0) is 14.5. The van der Waals surface area contributed by atoms with Crippen LogP contribution in [0, 0.1) is 0 Å². The molecule has 6 heteroatoms. The lowest BCUT2D eigenvalue weighted by Gasteiger charge is -2.14. The van der Waals surface area contributed by atoms with Crippen LogP contribution >= 0.6 is 11.6 Å². The van der Waals surface area contributed by atoms with Gasteiger partial charge in [-0.2, -0.15) is 0 Å². The SMILES string of the molecule is CC(OCc1ccco1)C(=O)Nc1cc(Cl)ccc1N. The van der Waals surface area contributed by atoms with E-state index in [1.807, 2.05) is 0 Å². The number of halogens is 1. The second kappa shape index (κ2) is 6.45. The maximum atomic E-state index is 12.0. The summed E-state index contributed by atoms with van der Waals surface area (Å²) >= 11 is 5.86. The fraction of sp³-hybridized carbons (Fsp3) is 0.214. The third-order valence-electron chi connectivity index (χ3n) is 2.70. The molecule has 1 amide bonds. The molecule has 0 aliphatic carbocycles. The average Bonchev–Trinajstić information content (AvgIpc) is 2.93. The predicted octanol–water partition coefficient (Wildman–Crippen LogP) is 3.06. The Kier molecular flexibility index (Phi) is 4.65. The van der Waals surface area contributed by atoms with Crippen molar-refractivity contribution < 1.29 is 13.9 Å². The van der Waals surface area contributed by atoms with Gasteiger partial charge < -0.3 is 20.2 Å². The third-order valence-corrected chi connectivity index (χ3v) is 2.93. The van der Waals surface area contributed by atoms with Crippen molar-refractivity contribution >= 4 is 28.9 Å². The van der Waals surface area contributed by atoms with Crippen molar-refractivity contribution in [3.05, 3.63) is 47.4 Å². The van der Waals surface area contributed by atoms with Gasteiger partial charge in [0.1, 0.15) is 18.5 Å². The lowest BCUT2D eigenvalue weighted by Crippen LogP contribution is -2.27. The van der Waals surface area contributed by atoms with Crippen LogP contribution in [-0.4, -0.2) is 12.0 Å². The molecule has 0 saturated heterocycles. The Labute approximate surface area is 121 Å². The van der Waals surface area contributed by atoms with E-state index in [1.165, 1.54) is 0 Å². The molecule has 0 saturated carbocycles. The number of nitrogen functional groups attached to an aromatic ring is 1. The van der Waals surface area contributed by atoms with Gasteiger partial charge in [0.2, 0.25) is 0 Å². The van der Waals surface area contributed by atoms with E-state index in [4.69, 9.17) is 26.5 Å². The van der Waals surface area contributed by atoms with E-state index in [-0.39, 0.29) is 12.5 Å². The standard InChI is InChI=1S/C14H15ClN2O3/c1-9(20-8-11-3-2-6-19-11)14(18)17-13-7-10(15)4-5-12(13)16/h2-7,9H,8,16H2,1H3,(H,17,18). The van der Waals surface area contributed by atoms with Crippen LogP contribution in [0.2, 0.25) is 5.02 Å². The number of amides is 1. The van der Waals surface area contributed by atoms with Gasteiger partial charge in [-0.25, -0.2) is 0 Å². The summed E-state index contributed by atoms with van der Waals surface area (Å²) in [6, 6.07) is 8.42. The second-order valence-electron chi connectivity index (χ2n) is 4.25. The number of rotatable bonds is 5. The van der Waals surface area contributed by atoms with Crippen molar-refractivity contribution in [3.63, 3.8) is 0 Å². The first-order valence-electron chi connectivity index (χ1n) is 6.06. The van der Waals surface area contributed by atoms with E-state index in [1.54, 1.807) is 43.5 Å². The minimum atomic E-state index is -0.640. The molecule has 5 nitrogen and oxygen atoms in total. The van der Waals surface area contributed by atoms with Crippen molar-refractivity contribution in [2.24, 2.45) is 0 Å². The average molecular weight is 295 g/mol. The van der Waals surface area contributed by atoms with Crippen LogP contribution in [0.4, 0.5) is 11.4 Å². The second-order valence-corrected chi connectivity index (χ2v) is 4.69. The highest BCUT2D eigenvalue weighted by atomic mass is 35.5. The fourth-order valence-corrected chi connectivity index (χ4v) is 1.72. The normalized spacial score (nSPS) is 12.1. The molecule has 1 atom stereocenters. The first-order valence-corrected chi connectivity index (χ1v) is 6.44. The molecule has 1 unspecified atom stereocenters. The number of nitrogens with one attached hydrogen (secondary N) is 1.